The largest absolute Gasteiger partial charge is 0.508 e. The maximum absolute atomic E-state index is 14.6. The summed E-state index contributed by atoms with van der Waals surface area (Å²) in [4.78, 5) is 28.7. The summed E-state index contributed by atoms with van der Waals surface area (Å²) in [7, 11) is 1.60. The number of methoxy groups -OCH3 is 1. The molecule has 0 saturated carbocycles. The first-order chi connectivity index (χ1) is 16.5. The quantitative estimate of drug-likeness (QED) is 0.472. The maximum Gasteiger partial charge on any atom is 0.223 e. The number of nitrogens with one attached hydrogen (secondary N) is 1. The lowest BCUT2D eigenvalue weighted by Gasteiger charge is -2.44. The third kappa shape index (κ3) is 6.87. The van der Waals surface area contributed by atoms with Crippen LogP contribution in [0.3, 0.4) is 0 Å². The third-order valence-corrected chi connectivity index (χ3v) is 6.46. The molecule has 8 heteroatoms. The number of halogens is 1. The molecule has 3 N–H and O–H groups in total. The van der Waals surface area contributed by atoms with Gasteiger partial charge >= 0.3 is 0 Å². The molecule has 3 rings (SSSR count). The molecule has 7 nitrogen and oxygen atoms in total. The number of benzene rings is 2. The lowest BCUT2D eigenvalue weighted by atomic mass is 9.72. The molecule has 0 unspecified atom stereocenters. The fraction of sp³-hybridized carbons (Fsp3) is 0.481. The van der Waals surface area contributed by atoms with Gasteiger partial charge in [-0.3, -0.25) is 14.5 Å². The smallest absolute Gasteiger partial charge is 0.223 e. The molecule has 1 fully saturated rings. The SMILES string of the molecule is COCCN1C[C@H](C(=O)c2cccc(O)c2)[C@H](c2cccc(F)c2C)[C@H](NC(=O)CC(C)(C)O)C1. The number of piperidine rings is 1. The van der Waals surface area contributed by atoms with Gasteiger partial charge in [0.25, 0.3) is 0 Å². The molecule has 2 aromatic rings. The average Bonchev–Trinajstić information content (AvgIpc) is 2.77. The van der Waals surface area contributed by atoms with Gasteiger partial charge in [0, 0.05) is 50.2 Å². The van der Waals surface area contributed by atoms with Crippen molar-refractivity contribution in [3.63, 3.8) is 0 Å². The second kappa shape index (κ2) is 11.3. The topological polar surface area (TPSA) is 99.1 Å². The minimum Gasteiger partial charge on any atom is -0.508 e. The minimum absolute atomic E-state index is 0.0172. The van der Waals surface area contributed by atoms with Gasteiger partial charge in [-0.25, -0.2) is 4.39 Å². The van der Waals surface area contributed by atoms with E-state index >= 15 is 0 Å². The number of Topliss-reactive ketones (excluding diaryl/α,β-unsaturated/α-hetero) is 1. The zero-order chi connectivity index (χ0) is 25.8. The number of phenols is 1. The molecule has 190 valence electrons. The summed E-state index contributed by atoms with van der Waals surface area (Å²) in [5.74, 6) is -2.07. The molecule has 1 aliphatic rings. The molecule has 0 bridgehead atoms. The van der Waals surface area contributed by atoms with Gasteiger partial charge in [-0.05, 0) is 50.1 Å². The van der Waals surface area contributed by atoms with Crippen molar-refractivity contribution in [3.05, 3.63) is 65.0 Å². The van der Waals surface area contributed by atoms with Crippen LogP contribution in [0, 0.1) is 18.7 Å². The van der Waals surface area contributed by atoms with Crippen molar-refractivity contribution in [3.8, 4) is 5.75 Å². The van der Waals surface area contributed by atoms with Crippen LogP contribution in [-0.4, -0.2) is 71.8 Å². The van der Waals surface area contributed by atoms with Crippen LogP contribution < -0.4 is 5.32 Å². The van der Waals surface area contributed by atoms with Crippen molar-refractivity contribution in [2.24, 2.45) is 5.92 Å². The first kappa shape index (κ1) is 26.8. The molecule has 3 atom stereocenters. The molecule has 2 aromatic carbocycles. The van der Waals surface area contributed by atoms with Crippen LogP contribution >= 0.6 is 0 Å². The summed E-state index contributed by atoms with van der Waals surface area (Å²) in [6.07, 6.45) is -0.110. The number of rotatable bonds is 9. The van der Waals surface area contributed by atoms with Gasteiger partial charge in [0.05, 0.1) is 18.6 Å². The van der Waals surface area contributed by atoms with E-state index in [4.69, 9.17) is 4.74 Å². The van der Waals surface area contributed by atoms with Crippen LogP contribution in [0.25, 0.3) is 0 Å². The minimum atomic E-state index is -1.20. The van der Waals surface area contributed by atoms with E-state index in [0.29, 0.717) is 42.9 Å². The highest BCUT2D eigenvalue weighted by atomic mass is 19.1. The number of phenolic OH excluding ortho intramolecular Hbond substituents is 1. The zero-order valence-corrected chi connectivity index (χ0v) is 20.8. The van der Waals surface area contributed by atoms with Gasteiger partial charge in [-0.15, -0.1) is 0 Å². The summed E-state index contributed by atoms with van der Waals surface area (Å²) in [5.41, 5.74) is 0.237. The molecule has 35 heavy (non-hydrogen) atoms. The van der Waals surface area contributed by atoms with Crippen molar-refractivity contribution in [1.82, 2.24) is 10.2 Å². The van der Waals surface area contributed by atoms with Crippen LogP contribution in [0.4, 0.5) is 4.39 Å². The van der Waals surface area contributed by atoms with E-state index in [2.05, 4.69) is 10.2 Å². The number of amides is 1. The number of ether oxygens (including phenoxy) is 1. The second-order valence-electron chi connectivity index (χ2n) is 9.92. The van der Waals surface area contributed by atoms with Crippen molar-refractivity contribution >= 4 is 11.7 Å². The van der Waals surface area contributed by atoms with Crippen molar-refractivity contribution in [2.45, 2.75) is 44.8 Å². The molecule has 0 spiro atoms. The number of ketones is 1. The Morgan fingerprint density at radius 1 is 1.20 bits per heavy atom. The van der Waals surface area contributed by atoms with Gasteiger partial charge in [-0.1, -0.05) is 24.3 Å². The van der Waals surface area contributed by atoms with Gasteiger partial charge in [-0.2, -0.15) is 0 Å². The van der Waals surface area contributed by atoms with Gasteiger partial charge in [0.15, 0.2) is 5.78 Å². The maximum atomic E-state index is 14.6. The highest BCUT2D eigenvalue weighted by molar-refractivity contribution is 5.99. The van der Waals surface area contributed by atoms with E-state index in [-0.39, 0.29) is 29.7 Å². The van der Waals surface area contributed by atoms with E-state index in [1.165, 1.54) is 18.2 Å². The Bertz CT molecular complexity index is 1050. The van der Waals surface area contributed by atoms with Gasteiger partial charge in [0.1, 0.15) is 11.6 Å². The van der Waals surface area contributed by atoms with Crippen LogP contribution in [0.2, 0.25) is 0 Å². The summed E-state index contributed by atoms with van der Waals surface area (Å²) < 4.78 is 19.9. The lowest BCUT2D eigenvalue weighted by Crippen LogP contribution is -2.57. The Morgan fingerprint density at radius 3 is 2.57 bits per heavy atom. The molecule has 1 saturated heterocycles. The summed E-state index contributed by atoms with van der Waals surface area (Å²) in [6, 6.07) is 10.5. The molecule has 0 aromatic heterocycles. The Labute approximate surface area is 205 Å². The Morgan fingerprint density at radius 2 is 1.91 bits per heavy atom. The summed E-state index contributed by atoms with van der Waals surface area (Å²) in [6.45, 7) is 6.60. The Balaban J connectivity index is 2.07. The van der Waals surface area contributed by atoms with Crippen LogP contribution in [-0.2, 0) is 9.53 Å². The predicted octanol–water partition coefficient (Wildman–Crippen LogP) is 3.03. The molecule has 1 amide bonds. The fourth-order valence-electron chi connectivity index (χ4n) is 4.87. The number of likely N-dealkylation sites (tertiary alicyclic amines) is 1. The molecular formula is C27H35FN2O5. The number of aromatic hydroxyl groups is 1. The zero-order valence-electron chi connectivity index (χ0n) is 20.8. The number of hydrogen-bond acceptors (Lipinski definition) is 6. The van der Waals surface area contributed by atoms with Crippen molar-refractivity contribution in [1.29, 1.82) is 0 Å². The Kier molecular flexibility index (Phi) is 8.64. The number of nitrogens with zero attached hydrogens (tertiary/aromatic N) is 1. The number of hydrogen-bond donors (Lipinski definition) is 3. The lowest BCUT2D eigenvalue weighted by molar-refractivity contribution is -0.126. The van der Waals surface area contributed by atoms with E-state index in [1.807, 2.05) is 0 Å². The van der Waals surface area contributed by atoms with Gasteiger partial charge < -0.3 is 20.3 Å². The predicted molar refractivity (Wildman–Crippen MR) is 131 cm³/mol. The molecule has 0 aliphatic carbocycles. The molecule has 1 aliphatic heterocycles. The number of carbonyl (C=O) groups excluding carboxylic acids is 2. The number of aliphatic hydroxyl groups is 1. The van der Waals surface area contributed by atoms with E-state index < -0.39 is 23.5 Å². The highest BCUT2D eigenvalue weighted by Crippen LogP contribution is 2.38. The monoisotopic (exact) mass is 486 g/mol. The van der Waals surface area contributed by atoms with E-state index in [1.54, 1.807) is 52.1 Å². The average molecular weight is 487 g/mol. The van der Waals surface area contributed by atoms with Crippen LogP contribution in [0.1, 0.15) is 47.7 Å². The van der Waals surface area contributed by atoms with E-state index in [0.717, 1.165) is 0 Å². The second-order valence-corrected chi connectivity index (χ2v) is 9.92. The Hall–Kier alpha value is -2.81. The fourth-order valence-corrected chi connectivity index (χ4v) is 4.87. The third-order valence-electron chi connectivity index (χ3n) is 6.46. The molecule has 0 radical (unpaired) electrons. The molecule has 1 heterocycles. The first-order valence-corrected chi connectivity index (χ1v) is 11.8. The van der Waals surface area contributed by atoms with E-state index in [9.17, 15) is 24.2 Å². The van der Waals surface area contributed by atoms with Crippen molar-refractivity contribution < 1.29 is 28.9 Å². The number of carbonyl (C=O) groups is 2. The van der Waals surface area contributed by atoms with Gasteiger partial charge in [0.2, 0.25) is 5.91 Å². The first-order valence-electron chi connectivity index (χ1n) is 11.8. The summed E-state index contributed by atoms with van der Waals surface area (Å²) >= 11 is 0. The standard InChI is InChI=1S/C27H35FN2O5/c1-17-20(9-6-10-22(17)28)25-21(26(33)18-7-5-8-19(31)13-18)15-30(11-12-35-4)16-23(25)29-24(32)14-27(2,3)34/h5-10,13,21,23,25,31,34H,11-12,14-16H2,1-4H3,(H,29,32)/t21-,23+,25-/m0/s1. The molecular weight excluding hydrogens is 451 g/mol. The van der Waals surface area contributed by atoms with Crippen molar-refractivity contribution in [2.75, 3.05) is 33.4 Å². The highest BCUT2D eigenvalue weighted by Gasteiger charge is 2.43. The normalized spacial score (nSPS) is 21.0. The van der Waals surface area contributed by atoms with Crippen LogP contribution in [0.15, 0.2) is 42.5 Å². The van der Waals surface area contributed by atoms with Crippen LogP contribution in [0.5, 0.6) is 5.75 Å². The summed E-state index contributed by atoms with van der Waals surface area (Å²) in [5, 5.41) is 23.1.